The molecule has 0 radical (unpaired) electrons. The molecule has 1 saturated heterocycles. The van der Waals surface area contributed by atoms with Crippen molar-refractivity contribution < 1.29 is 4.74 Å². The van der Waals surface area contributed by atoms with E-state index in [4.69, 9.17) is 4.74 Å². The summed E-state index contributed by atoms with van der Waals surface area (Å²) in [5.74, 6) is 2.92. The summed E-state index contributed by atoms with van der Waals surface area (Å²) in [6.45, 7) is 5.05. The zero-order valence-corrected chi connectivity index (χ0v) is 16.8. The molecule has 1 saturated carbocycles. The highest BCUT2D eigenvalue weighted by Gasteiger charge is 2.16. The summed E-state index contributed by atoms with van der Waals surface area (Å²) < 4.78 is 5.46. The lowest BCUT2D eigenvalue weighted by molar-refractivity contribution is 0.122. The van der Waals surface area contributed by atoms with Crippen LogP contribution in [0.2, 0.25) is 0 Å². The van der Waals surface area contributed by atoms with Crippen molar-refractivity contribution in [2.75, 3.05) is 44.8 Å². The molecule has 0 bridgehead atoms. The van der Waals surface area contributed by atoms with Crippen LogP contribution >= 0.6 is 0 Å². The molecule has 0 aromatic carbocycles. The number of nitrogens with one attached hydrogen (secondary N) is 2. The van der Waals surface area contributed by atoms with Crippen LogP contribution in [0, 0.1) is 5.92 Å². The highest BCUT2D eigenvalue weighted by molar-refractivity contribution is 5.79. The number of hydrogen-bond acceptors (Lipinski definition) is 4. The summed E-state index contributed by atoms with van der Waals surface area (Å²) in [4.78, 5) is 11.3. The molecular formula is C21H35N5O. The Labute approximate surface area is 163 Å². The minimum atomic E-state index is 0.724. The van der Waals surface area contributed by atoms with Gasteiger partial charge < -0.3 is 20.3 Å². The van der Waals surface area contributed by atoms with Crippen LogP contribution in [0.3, 0.4) is 0 Å². The van der Waals surface area contributed by atoms with Crippen molar-refractivity contribution in [1.82, 2.24) is 15.6 Å². The molecule has 6 heteroatoms. The lowest BCUT2D eigenvalue weighted by Crippen LogP contribution is -2.39. The predicted molar refractivity (Wildman–Crippen MR) is 111 cm³/mol. The Morgan fingerprint density at radius 3 is 2.81 bits per heavy atom. The molecule has 1 aliphatic carbocycles. The van der Waals surface area contributed by atoms with Gasteiger partial charge in [0.15, 0.2) is 5.96 Å². The van der Waals surface area contributed by atoms with Gasteiger partial charge in [0.05, 0.1) is 13.2 Å². The quantitative estimate of drug-likeness (QED) is 0.417. The highest BCUT2D eigenvalue weighted by Crippen LogP contribution is 2.28. The summed E-state index contributed by atoms with van der Waals surface area (Å²) in [6, 6.07) is 4.14. The summed E-state index contributed by atoms with van der Waals surface area (Å²) >= 11 is 0. The van der Waals surface area contributed by atoms with Gasteiger partial charge in [-0.1, -0.05) is 44.6 Å². The van der Waals surface area contributed by atoms with Crippen molar-refractivity contribution in [2.45, 2.75) is 51.5 Å². The fourth-order valence-electron chi connectivity index (χ4n) is 4.09. The molecule has 1 aromatic heterocycles. The minimum Gasteiger partial charge on any atom is -0.378 e. The third kappa shape index (κ3) is 6.38. The minimum absolute atomic E-state index is 0.724. The van der Waals surface area contributed by atoms with E-state index in [2.05, 4.69) is 31.6 Å². The summed E-state index contributed by atoms with van der Waals surface area (Å²) in [5.41, 5.74) is 1.20. The van der Waals surface area contributed by atoms with Gasteiger partial charge in [-0.2, -0.15) is 0 Å². The SMILES string of the molecule is CN=C(NCCCCC1CCCC1)NCc1cccnc1N1CCOCC1. The van der Waals surface area contributed by atoms with Gasteiger partial charge in [-0.25, -0.2) is 4.98 Å². The molecule has 6 nitrogen and oxygen atoms in total. The van der Waals surface area contributed by atoms with E-state index in [1.54, 1.807) is 0 Å². The number of aliphatic imine (C=N–C) groups is 1. The monoisotopic (exact) mass is 373 g/mol. The van der Waals surface area contributed by atoms with Crippen LogP contribution in [0.4, 0.5) is 5.82 Å². The van der Waals surface area contributed by atoms with Crippen LogP contribution < -0.4 is 15.5 Å². The van der Waals surface area contributed by atoms with E-state index in [1.165, 1.54) is 50.5 Å². The van der Waals surface area contributed by atoms with E-state index >= 15 is 0 Å². The van der Waals surface area contributed by atoms with Crippen molar-refractivity contribution in [1.29, 1.82) is 0 Å². The van der Waals surface area contributed by atoms with Crippen LogP contribution in [0.15, 0.2) is 23.3 Å². The van der Waals surface area contributed by atoms with E-state index in [-0.39, 0.29) is 0 Å². The molecule has 0 spiro atoms. The average Bonchev–Trinajstić information content (AvgIpc) is 3.24. The summed E-state index contributed by atoms with van der Waals surface area (Å²) in [5, 5.41) is 6.89. The molecule has 150 valence electrons. The van der Waals surface area contributed by atoms with E-state index < -0.39 is 0 Å². The third-order valence-corrected chi connectivity index (χ3v) is 5.65. The molecule has 0 unspecified atom stereocenters. The fraction of sp³-hybridized carbons (Fsp3) is 0.714. The number of guanidine groups is 1. The van der Waals surface area contributed by atoms with Gasteiger partial charge in [-0.15, -0.1) is 0 Å². The number of unbranched alkanes of at least 4 members (excludes halogenated alkanes) is 1. The second-order valence-electron chi connectivity index (χ2n) is 7.58. The number of hydrogen-bond donors (Lipinski definition) is 2. The van der Waals surface area contributed by atoms with Crippen molar-refractivity contribution in [3.05, 3.63) is 23.9 Å². The first-order valence-electron chi connectivity index (χ1n) is 10.6. The Morgan fingerprint density at radius 1 is 1.22 bits per heavy atom. The Hall–Kier alpha value is -1.82. The zero-order valence-electron chi connectivity index (χ0n) is 16.8. The molecule has 0 amide bonds. The van der Waals surface area contributed by atoms with Crippen LogP contribution in [0.1, 0.15) is 50.5 Å². The van der Waals surface area contributed by atoms with Gasteiger partial charge >= 0.3 is 0 Å². The second kappa shape index (κ2) is 11.1. The van der Waals surface area contributed by atoms with Gasteiger partial charge in [0.25, 0.3) is 0 Å². The number of ether oxygens (including phenoxy) is 1. The van der Waals surface area contributed by atoms with Crippen molar-refractivity contribution in [3.8, 4) is 0 Å². The number of aromatic nitrogens is 1. The summed E-state index contributed by atoms with van der Waals surface area (Å²) in [7, 11) is 1.83. The standard InChI is InChI=1S/C21H35N5O/c1-22-21(24-11-5-4-9-18-7-2-3-8-18)25-17-19-10-6-12-23-20(19)26-13-15-27-16-14-26/h6,10,12,18H,2-5,7-9,11,13-17H2,1H3,(H2,22,24,25). The maximum absolute atomic E-state index is 5.46. The number of pyridine rings is 1. The Balaban J connectivity index is 1.40. The number of rotatable bonds is 8. The number of nitrogens with zero attached hydrogens (tertiary/aromatic N) is 3. The molecular weight excluding hydrogens is 338 g/mol. The van der Waals surface area contributed by atoms with Crippen LogP contribution in [-0.4, -0.2) is 50.8 Å². The predicted octanol–water partition coefficient (Wildman–Crippen LogP) is 2.94. The molecule has 1 aliphatic heterocycles. The molecule has 2 fully saturated rings. The zero-order chi connectivity index (χ0) is 18.7. The van der Waals surface area contributed by atoms with Crippen LogP contribution in [-0.2, 0) is 11.3 Å². The smallest absolute Gasteiger partial charge is 0.191 e. The topological polar surface area (TPSA) is 61.8 Å². The van der Waals surface area contributed by atoms with Crippen LogP contribution in [0.5, 0.6) is 0 Å². The average molecular weight is 374 g/mol. The van der Waals surface area contributed by atoms with Gasteiger partial charge in [-0.3, -0.25) is 4.99 Å². The Morgan fingerprint density at radius 2 is 2.04 bits per heavy atom. The van der Waals surface area contributed by atoms with Gasteiger partial charge in [-0.05, 0) is 18.4 Å². The Bertz CT molecular complexity index is 580. The maximum Gasteiger partial charge on any atom is 0.191 e. The lowest BCUT2D eigenvalue weighted by Gasteiger charge is -2.29. The van der Waals surface area contributed by atoms with E-state index in [1.807, 2.05) is 19.3 Å². The maximum atomic E-state index is 5.46. The van der Waals surface area contributed by atoms with E-state index in [0.29, 0.717) is 0 Å². The first-order valence-corrected chi connectivity index (χ1v) is 10.6. The molecule has 3 rings (SSSR count). The van der Waals surface area contributed by atoms with Crippen molar-refractivity contribution in [3.63, 3.8) is 0 Å². The van der Waals surface area contributed by atoms with Crippen LogP contribution in [0.25, 0.3) is 0 Å². The van der Waals surface area contributed by atoms with E-state index in [0.717, 1.165) is 57.1 Å². The van der Waals surface area contributed by atoms with Gasteiger partial charge in [0, 0.05) is 45.0 Å². The lowest BCUT2D eigenvalue weighted by atomic mass is 10.0. The number of morpholine rings is 1. The molecule has 2 heterocycles. The normalized spacial score (nSPS) is 18.7. The molecule has 1 aromatic rings. The number of anilines is 1. The Kier molecular flexibility index (Phi) is 8.21. The first-order chi connectivity index (χ1) is 13.4. The molecule has 27 heavy (non-hydrogen) atoms. The molecule has 0 atom stereocenters. The second-order valence-corrected chi connectivity index (χ2v) is 7.58. The third-order valence-electron chi connectivity index (χ3n) is 5.65. The summed E-state index contributed by atoms with van der Waals surface area (Å²) in [6.07, 6.45) is 11.6. The van der Waals surface area contributed by atoms with Gasteiger partial charge in [0.2, 0.25) is 0 Å². The highest BCUT2D eigenvalue weighted by atomic mass is 16.5. The largest absolute Gasteiger partial charge is 0.378 e. The molecule has 2 aliphatic rings. The van der Waals surface area contributed by atoms with E-state index in [9.17, 15) is 0 Å². The van der Waals surface area contributed by atoms with Crippen molar-refractivity contribution >= 4 is 11.8 Å². The first kappa shape index (κ1) is 19.9. The molecule has 2 N–H and O–H groups in total. The van der Waals surface area contributed by atoms with Gasteiger partial charge in [0.1, 0.15) is 5.82 Å². The fourth-order valence-corrected chi connectivity index (χ4v) is 4.09. The van der Waals surface area contributed by atoms with Crippen molar-refractivity contribution in [2.24, 2.45) is 10.9 Å².